The molecule has 19 heavy (non-hydrogen) atoms. The van der Waals surface area contributed by atoms with Crippen molar-refractivity contribution < 1.29 is 18.4 Å². The highest BCUT2D eigenvalue weighted by molar-refractivity contribution is 6.60. The molecule has 0 radical (unpaired) electrons. The maximum atomic E-state index is 9.87. The molecule has 108 valence electrons. The predicted molar refractivity (Wildman–Crippen MR) is 76.5 cm³/mol. The standard InChI is InChI=1S/C14H24O4Si/c1-4-9-14(15)18-19(16-3,17-5-2)12-13-10-7-6-8-11-13/h6-8,10-11,14-15H,4-5,9,12H2,1-3H3. The van der Waals surface area contributed by atoms with Crippen molar-refractivity contribution in [3.8, 4) is 0 Å². The summed E-state index contributed by atoms with van der Waals surface area (Å²) >= 11 is 0. The molecule has 0 aliphatic heterocycles. The summed E-state index contributed by atoms with van der Waals surface area (Å²) in [6, 6.07) is 10.5. The number of benzene rings is 1. The molecular formula is C14H24O4Si. The number of aliphatic hydroxyl groups is 1. The molecule has 5 heteroatoms. The highest BCUT2D eigenvalue weighted by atomic mass is 28.4. The first-order valence-electron chi connectivity index (χ1n) is 6.74. The SMILES string of the molecule is CCCC(O)O[Si](Cc1ccccc1)(OC)OCC. The van der Waals surface area contributed by atoms with E-state index in [1.165, 1.54) is 0 Å². The summed E-state index contributed by atoms with van der Waals surface area (Å²) in [5.41, 5.74) is 1.09. The molecule has 4 nitrogen and oxygen atoms in total. The van der Waals surface area contributed by atoms with Crippen molar-refractivity contribution in [3.05, 3.63) is 35.9 Å². The molecular weight excluding hydrogens is 260 g/mol. The van der Waals surface area contributed by atoms with Crippen molar-refractivity contribution >= 4 is 8.80 Å². The van der Waals surface area contributed by atoms with Crippen molar-refractivity contribution in [2.75, 3.05) is 13.7 Å². The molecule has 1 rings (SSSR count). The second kappa shape index (κ2) is 8.45. The van der Waals surface area contributed by atoms with Crippen molar-refractivity contribution in [1.29, 1.82) is 0 Å². The lowest BCUT2D eigenvalue weighted by molar-refractivity contribution is -0.0776. The summed E-state index contributed by atoms with van der Waals surface area (Å²) in [5, 5.41) is 9.87. The van der Waals surface area contributed by atoms with Gasteiger partial charge in [-0.2, -0.15) is 0 Å². The van der Waals surface area contributed by atoms with E-state index >= 15 is 0 Å². The van der Waals surface area contributed by atoms with Gasteiger partial charge >= 0.3 is 8.80 Å². The topological polar surface area (TPSA) is 47.9 Å². The molecule has 2 atom stereocenters. The summed E-state index contributed by atoms with van der Waals surface area (Å²) in [4.78, 5) is 0. The van der Waals surface area contributed by atoms with Crippen LogP contribution in [0.2, 0.25) is 0 Å². The van der Waals surface area contributed by atoms with Gasteiger partial charge in [0, 0.05) is 19.8 Å². The van der Waals surface area contributed by atoms with E-state index in [0.29, 0.717) is 19.1 Å². The first kappa shape index (κ1) is 16.3. The van der Waals surface area contributed by atoms with Gasteiger partial charge in [-0.15, -0.1) is 0 Å². The van der Waals surface area contributed by atoms with Crippen LogP contribution in [0, 0.1) is 0 Å². The Balaban J connectivity index is 2.79. The Morgan fingerprint density at radius 3 is 2.42 bits per heavy atom. The van der Waals surface area contributed by atoms with Gasteiger partial charge in [-0.25, -0.2) is 0 Å². The van der Waals surface area contributed by atoms with E-state index in [-0.39, 0.29) is 0 Å². The minimum absolute atomic E-state index is 0.506. The molecule has 0 aliphatic rings. The van der Waals surface area contributed by atoms with Gasteiger partial charge in [0.15, 0.2) is 0 Å². The molecule has 1 aromatic carbocycles. The second-order valence-corrected chi connectivity index (χ2v) is 7.00. The van der Waals surface area contributed by atoms with Crippen LogP contribution in [0.4, 0.5) is 0 Å². The van der Waals surface area contributed by atoms with E-state index in [4.69, 9.17) is 13.3 Å². The Morgan fingerprint density at radius 2 is 1.89 bits per heavy atom. The van der Waals surface area contributed by atoms with Crippen LogP contribution in [-0.2, 0) is 19.3 Å². The van der Waals surface area contributed by atoms with Gasteiger partial charge in [0.05, 0.1) is 0 Å². The molecule has 0 saturated carbocycles. The predicted octanol–water partition coefficient (Wildman–Crippen LogP) is 2.53. The van der Waals surface area contributed by atoms with Crippen molar-refractivity contribution in [2.24, 2.45) is 0 Å². The molecule has 2 unspecified atom stereocenters. The Hall–Kier alpha value is -0.723. The van der Waals surface area contributed by atoms with Gasteiger partial charge in [-0.05, 0) is 18.9 Å². The van der Waals surface area contributed by atoms with E-state index in [9.17, 15) is 5.11 Å². The minimum atomic E-state index is -2.86. The van der Waals surface area contributed by atoms with Crippen LogP contribution < -0.4 is 0 Å². The molecule has 1 N–H and O–H groups in total. The lowest BCUT2D eigenvalue weighted by Crippen LogP contribution is -2.50. The Bertz CT molecular complexity index is 347. The average Bonchev–Trinajstić information content (AvgIpc) is 2.40. The van der Waals surface area contributed by atoms with Crippen LogP contribution >= 0.6 is 0 Å². The van der Waals surface area contributed by atoms with Crippen LogP contribution in [0.15, 0.2) is 30.3 Å². The van der Waals surface area contributed by atoms with Crippen molar-refractivity contribution in [1.82, 2.24) is 0 Å². The van der Waals surface area contributed by atoms with E-state index < -0.39 is 15.1 Å². The monoisotopic (exact) mass is 284 g/mol. The zero-order chi connectivity index (χ0) is 14.1. The summed E-state index contributed by atoms with van der Waals surface area (Å²) in [5.74, 6) is 0. The quantitative estimate of drug-likeness (QED) is 0.559. The van der Waals surface area contributed by atoms with Gasteiger partial charge in [0.2, 0.25) is 0 Å². The molecule has 0 amide bonds. The van der Waals surface area contributed by atoms with Crippen molar-refractivity contribution in [2.45, 2.75) is 39.0 Å². The maximum Gasteiger partial charge on any atom is 0.507 e. The van der Waals surface area contributed by atoms with Crippen LogP contribution in [-0.4, -0.2) is 33.9 Å². The van der Waals surface area contributed by atoms with Crippen LogP contribution in [0.5, 0.6) is 0 Å². The fourth-order valence-electron chi connectivity index (χ4n) is 1.88. The minimum Gasteiger partial charge on any atom is -0.377 e. The summed E-state index contributed by atoms with van der Waals surface area (Å²) in [6.07, 6.45) is 0.610. The van der Waals surface area contributed by atoms with Gasteiger partial charge in [-0.3, -0.25) is 0 Å². The van der Waals surface area contributed by atoms with E-state index in [2.05, 4.69) is 0 Å². The number of hydrogen-bond acceptors (Lipinski definition) is 4. The summed E-state index contributed by atoms with van der Waals surface area (Å²) < 4.78 is 17.0. The second-order valence-electron chi connectivity index (χ2n) is 4.34. The largest absolute Gasteiger partial charge is 0.507 e. The average molecular weight is 284 g/mol. The highest BCUT2D eigenvalue weighted by Crippen LogP contribution is 2.19. The molecule has 1 aromatic rings. The Kier molecular flexibility index (Phi) is 7.26. The third-order valence-corrected chi connectivity index (χ3v) is 5.61. The zero-order valence-electron chi connectivity index (χ0n) is 12.0. The van der Waals surface area contributed by atoms with Gasteiger partial charge in [0.25, 0.3) is 0 Å². The third-order valence-electron chi connectivity index (χ3n) is 2.79. The first-order chi connectivity index (χ1) is 9.15. The summed E-state index contributed by atoms with van der Waals surface area (Å²) in [6.45, 7) is 4.41. The highest BCUT2D eigenvalue weighted by Gasteiger charge is 2.42. The molecule has 0 aliphatic carbocycles. The van der Waals surface area contributed by atoms with Crippen molar-refractivity contribution in [3.63, 3.8) is 0 Å². The first-order valence-corrected chi connectivity index (χ1v) is 8.68. The Morgan fingerprint density at radius 1 is 1.21 bits per heavy atom. The smallest absolute Gasteiger partial charge is 0.377 e. The Labute approximate surface area is 116 Å². The molecule has 0 saturated heterocycles. The number of aliphatic hydroxyl groups excluding tert-OH is 1. The molecule has 0 bridgehead atoms. The molecule has 0 fully saturated rings. The lowest BCUT2D eigenvalue weighted by atomic mass is 10.2. The van der Waals surface area contributed by atoms with E-state index in [1.54, 1.807) is 7.11 Å². The summed E-state index contributed by atoms with van der Waals surface area (Å²) in [7, 11) is -1.27. The fraction of sp³-hybridized carbons (Fsp3) is 0.571. The van der Waals surface area contributed by atoms with E-state index in [0.717, 1.165) is 12.0 Å². The molecule has 0 aromatic heterocycles. The fourth-order valence-corrected chi connectivity index (χ4v) is 4.20. The van der Waals surface area contributed by atoms with Crippen LogP contribution in [0.25, 0.3) is 0 Å². The van der Waals surface area contributed by atoms with Gasteiger partial charge in [-0.1, -0.05) is 43.7 Å². The maximum absolute atomic E-state index is 9.87. The third kappa shape index (κ3) is 5.42. The lowest BCUT2D eigenvalue weighted by Gasteiger charge is -2.30. The zero-order valence-corrected chi connectivity index (χ0v) is 13.0. The number of hydrogen-bond donors (Lipinski definition) is 1. The van der Waals surface area contributed by atoms with Crippen LogP contribution in [0.1, 0.15) is 32.3 Å². The molecule has 0 heterocycles. The van der Waals surface area contributed by atoms with Crippen LogP contribution in [0.3, 0.4) is 0 Å². The van der Waals surface area contributed by atoms with E-state index in [1.807, 2.05) is 44.2 Å². The van der Waals surface area contributed by atoms with Gasteiger partial charge < -0.3 is 18.4 Å². The van der Waals surface area contributed by atoms with Gasteiger partial charge in [0.1, 0.15) is 6.29 Å². The number of rotatable bonds is 9. The normalized spacial score (nSPS) is 16.0. The molecule has 0 spiro atoms.